The number of rotatable bonds is 8. The molecule has 0 amide bonds. The summed E-state index contributed by atoms with van der Waals surface area (Å²) in [5, 5.41) is 22.2. The summed E-state index contributed by atoms with van der Waals surface area (Å²) in [6.07, 6.45) is -1.50. The van der Waals surface area contributed by atoms with Crippen LogP contribution in [0.1, 0.15) is 11.1 Å². The van der Waals surface area contributed by atoms with Crippen molar-refractivity contribution in [2.24, 2.45) is 0 Å². The van der Waals surface area contributed by atoms with Crippen molar-refractivity contribution in [1.82, 2.24) is 14.7 Å². The van der Waals surface area contributed by atoms with Crippen LogP contribution in [-0.2, 0) is 17.8 Å². The number of ether oxygens (including phenoxy) is 1. The van der Waals surface area contributed by atoms with Crippen LogP contribution in [0.4, 0.5) is 0 Å². The molecule has 0 unspecified atom stereocenters. The second-order valence-electron chi connectivity index (χ2n) is 9.14. The summed E-state index contributed by atoms with van der Waals surface area (Å²) in [5.74, 6) is 0. The molecular weight excluding hydrogens is 461 g/mol. The molecule has 2 N–H and O–H groups in total. The van der Waals surface area contributed by atoms with Gasteiger partial charge in [-0.25, -0.2) is 0 Å². The van der Waals surface area contributed by atoms with Crippen molar-refractivity contribution in [3.05, 3.63) is 69.7 Å². The highest BCUT2D eigenvalue weighted by Gasteiger charge is 2.47. The Morgan fingerprint density at radius 3 is 2.30 bits per heavy atom. The highest BCUT2D eigenvalue weighted by Crippen LogP contribution is 2.28. The van der Waals surface area contributed by atoms with E-state index < -0.39 is 12.2 Å². The largest absolute Gasteiger partial charge is 0.394 e. The van der Waals surface area contributed by atoms with Crippen molar-refractivity contribution in [1.29, 1.82) is 0 Å². The molecule has 4 atom stereocenters. The average Bonchev–Trinajstić information content (AvgIpc) is 3.11. The maximum absolute atomic E-state index is 11.0. The van der Waals surface area contributed by atoms with Gasteiger partial charge in [0.05, 0.1) is 18.8 Å². The van der Waals surface area contributed by atoms with Crippen LogP contribution in [0.5, 0.6) is 0 Å². The molecule has 0 radical (unpaired) electrons. The first-order chi connectivity index (χ1) is 15.9. The van der Waals surface area contributed by atoms with Gasteiger partial charge in [0.15, 0.2) is 0 Å². The molecule has 2 heterocycles. The molecule has 0 spiro atoms. The summed E-state index contributed by atoms with van der Waals surface area (Å²) >= 11 is 12.3. The van der Waals surface area contributed by atoms with Crippen LogP contribution in [0.3, 0.4) is 0 Å². The zero-order valence-corrected chi connectivity index (χ0v) is 20.5. The van der Waals surface area contributed by atoms with E-state index in [4.69, 9.17) is 27.9 Å². The predicted octanol–water partition coefficient (Wildman–Crippen LogP) is 2.73. The van der Waals surface area contributed by atoms with Gasteiger partial charge in [-0.05, 0) is 42.4 Å². The number of halogens is 2. The molecule has 2 aromatic rings. The predicted molar refractivity (Wildman–Crippen MR) is 132 cm³/mol. The molecule has 0 aromatic heterocycles. The van der Waals surface area contributed by atoms with Gasteiger partial charge in [0.25, 0.3) is 0 Å². The SMILES string of the molecule is CN1CCN([C@@H]2[C@H](O)[C@H](CO)O[C@@H]2CN(Cc2ccc(Cl)cc2)Cc2cccc(Cl)c2)CC1. The molecule has 2 fully saturated rings. The van der Waals surface area contributed by atoms with Gasteiger partial charge in [-0.3, -0.25) is 9.80 Å². The smallest absolute Gasteiger partial charge is 0.109 e. The lowest BCUT2D eigenvalue weighted by Crippen LogP contribution is -2.56. The second-order valence-corrected chi connectivity index (χ2v) is 10.0. The van der Waals surface area contributed by atoms with E-state index in [1.54, 1.807) is 0 Å². The lowest BCUT2D eigenvalue weighted by Gasteiger charge is -2.40. The van der Waals surface area contributed by atoms with Crippen molar-refractivity contribution in [3.63, 3.8) is 0 Å². The lowest BCUT2D eigenvalue weighted by atomic mass is 10.0. The highest BCUT2D eigenvalue weighted by atomic mass is 35.5. The average molecular weight is 494 g/mol. The van der Waals surface area contributed by atoms with Crippen LogP contribution < -0.4 is 0 Å². The summed E-state index contributed by atoms with van der Waals surface area (Å²) in [6.45, 7) is 5.50. The fraction of sp³-hybridized carbons (Fsp3) is 0.520. The van der Waals surface area contributed by atoms with Crippen LogP contribution in [0.15, 0.2) is 48.5 Å². The van der Waals surface area contributed by atoms with Crippen LogP contribution in [0, 0.1) is 0 Å². The molecule has 0 aliphatic carbocycles. The summed E-state index contributed by atoms with van der Waals surface area (Å²) in [6, 6.07) is 15.6. The van der Waals surface area contributed by atoms with Gasteiger partial charge in [-0.1, -0.05) is 47.5 Å². The number of likely N-dealkylation sites (N-methyl/N-ethyl adjacent to an activating group) is 1. The Morgan fingerprint density at radius 2 is 1.64 bits per heavy atom. The monoisotopic (exact) mass is 493 g/mol. The molecule has 6 nitrogen and oxygen atoms in total. The zero-order chi connectivity index (χ0) is 23.4. The van der Waals surface area contributed by atoms with Crippen LogP contribution >= 0.6 is 23.2 Å². The summed E-state index contributed by atoms with van der Waals surface area (Å²) < 4.78 is 6.22. The van der Waals surface area contributed by atoms with Gasteiger partial charge in [0, 0.05) is 55.9 Å². The minimum atomic E-state index is -0.716. The van der Waals surface area contributed by atoms with Crippen molar-refractivity contribution in [2.45, 2.75) is 37.4 Å². The Balaban J connectivity index is 1.54. The molecule has 8 heteroatoms. The van der Waals surface area contributed by atoms with Crippen molar-refractivity contribution in [3.8, 4) is 0 Å². The van der Waals surface area contributed by atoms with Crippen molar-refractivity contribution in [2.75, 3.05) is 46.4 Å². The fourth-order valence-electron chi connectivity index (χ4n) is 4.88. The quantitative estimate of drug-likeness (QED) is 0.589. The van der Waals surface area contributed by atoms with E-state index in [2.05, 4.69) is 27.8 Å². The van der Waals surface area contributed by atoms with Gasteiger partial charge in [0.2, 0.25) is 0 Å². The zero-order valence-electron chi connectivity index (χ0n) is 19.0. The summed E-state index contributed by atoms with van der Waals surface area (Å²) in [7, 11) is 2.12. The minimum Gasteiger partial charge on any atom is -0.394 e. The lowest BCUT2D eigenvalue weighted by molar-refractivity contribution is -0.0330. The number of hydrogen-bond acceptors (Lipinski definition) is 6. The third-order valence-electron chi connectivity index (χ3n) is 6.65. The Kier molecular flexibility index (Phi) is 8.65. The maximum Gasteiger partial charge on any atom is 0.109 e. The molecule has 2 aromatic carbocycles. The Morgan fingerprint density at radius 1 is 0.939 bits per heavy atom. The molecule has 2 aliphatic heterocycles. The molecule has 2 saturated heterocycles. The Hall–Kier alpha value is -1.22. The minimum absolute atomic E-state index is 0.150. The number of piperazine rings is 1. The number of aliphatic hydroxyl groups is 2. The van der Waals surface area contributed by atoms with Gasteiger partial charge < -0.3 is 19.8 Å². The normalized spacial score (nSPS) is 26.8. The van der Waals surface area contributed by atoms with Gasteiger partial charge >= 0.3 is 0 Å². The van der Waals surface area contributed by atoms with Crippen molar-refractivity contribution < 1.29 is 14.9 Å². The first-order valence-electron chi connectivity index (χ1n) is 11.5. The molecule has 4 rings (SSSR count). The van der Waals surface area contributed by atoms with E-state index in [0.29, 0.717) is 29.7 Å². The molecular formula is C25H33Cl2N3O3. The van der Waals surface area contributed by atoms with E-state index in [9.17, 15) is 10.2 Å². The van der Waals surface area contributed by atoms with E-state index in [1.807, 2.05) is 42.5 Å². The number of hydrogen-bond donors (Lipinski definition) is 2. The third kappa shape index (κ3) is 6.47. The van der Waals surface area contributed by atoms with Crippen LogP contribution in [0.2, 0.25) is 10.0 Å². The molecule has 2 aliphatic rings. The summed E-state index contributed by atoms with van der Waals surface area (Å²) in [5.41, 5.74) is 2.26. The van der Waals surface area contributed by atoms with Gasteiger partial charge in [-0.2, -0.15) is 0 Å². The number of aliphatic hydroxyl groups excluding tert-OH is 2. The fourth-order valence-corrected chi connectivity index (χ4v) is 5.22. The number of nitrogens with zero attached hydrogens (tertiary/aromatic N) is 3. The van der Waals surface area contributed by atoms with Gasteiger partial charge in [0.1, 0.15) is 12.2 Å². The summed E-state index contributed by atoms with van der Waals surface area (Å²) in [4.78, 5) is 6.93. The number of benzene rings is 2. The first kappa shape index (κ1) is 24.9. The van der Waals surface area contributed by atoms with E-state index in [1.165, 1.54) is 0 Å². The molecule has 0 bridgehead atoms. The highest BCUT2D eigenvalue weighted by molar-refractivity contribution is 6.30. The van der Waals surface area contributed by atoms with Crippen LogP contribution in [0.25, 0.3) is 0 Å². The topological polar surface area (TPSA) is 59.4 Å². The standard InChI is InChI=1S/C25H33Cl2N3O3/c1-28-9-11-30(12-10-28)24-22(33-23(17-31)25(24)32)16-29(14-18-5-7-20(26)8-6-18)15-19-3-2-4-21(27)13-19/h2-8,13,22-25,31-32H,9-12,14-17H2,1H3/t22-,23+,24+,25-/m1/s1. The van der Waals surface area contributed by atoms with E-state index >= 15 is 0 Å². The Bertz CT molecular complexity index is 893. The maximum atomic E-state index is 11.0. The van der Waals surface area contributed by atoms with Crippen molar-refractivity contribution >= 4 is 23.2 Å². The molecule has 0 saturated carbocycles. The van der Waals surface area contributed by atoms with E-state index in [0.717, 1.165) is 37.3 Å². The van der Waals surface area contributed by atoms with Crippen LogP contribution in [-0.4, -0.2) is 95.6 Å². The van der Waals surface area contributed by atoms with E-state index in [-0.39, 0.29) is 18.8 Å². The first-order valence-corrected chi connectivity index (χ1v) is 12.3. The van der Waals surface area contributed by atoms with Gasteiger partial charge in [-0.15, -0.1) is 0 Å². The third-order valence-corrected chi connectivity index (χ3v) is 7.14. The second kappa shape index (κ2) is 11.5. The Labute approximate surface area is 206 Å². The molecule has 33 heavy (non-hydrogen) atoms. The molecule has 180 valence electrons.